The molecule has 1 nitrogen and oxygen atoms in total. The molecule has 2 heteroatoms. The quantitative estimate of drug-likeness (QED) is 0.712. The van der Waals surface area contributed by atoms with Crippen molar-refractivity contribution in [3.63, 3.8) is 0 Å². The highest BCUT2D eigenvalue weighted by Crippen LogP contribution is 2.32. The van der Waals surface area contributed by atoms with E-state index < -0.39 is 0 Å². The zero-order valence-corrected chi connectivity index (χ0v) is 10.6. The van der Waals surface area contributed by atoms with E-state index in [4.69, 9.17) is 0 Å². The van der Waals surface area contributed by atoms with Crippen LogP contribution in [0.15, 0.2) is 24.3 Å². The van der Waals surface area contributed by atoms with E-state index in [0.29, 0.717) is 0 Å². The van der Waals surface area contributed by atoms with Crippen LogP contribution in [0.5, 0.6) is 0 Å². The number of fused-ring (bicyclic) bond motifs is 1. The number of rotatable bonds is 4. The predicted molar refractivity (Wildman–Crippen MR) is 70.4 cm³/mol. The van der Waals surface area contributed by atoms with Gasteiger partial charge in [-0.05, 0) is 25.8 Å². The van der Waals surface area contributed by atoms with Crippen molar-refractivity contribution in [2.45, 2.75) is 33.1 Å². The molecule has 0 spiro atoms. The summed E-state index contributed by atoms with van der Waals surface area (Å²) in [6.45, 7) is 3.85. The highest BCUT2D eigenvalue weighted by atomic mass is 32.1. The van der Waals surface area contributed by atoms with Crippen LogP contribution in [0.2, 0.25) is 0 Å². The van der Waals surface area contributed by atoms with E-state index in [-0.39, 0.29) is 5.78 Å². The summed E-state index contributed by atoms with van der Waals surface area (Å²) in [5, 5.41) is 1.13. The minimum atomic E-state index is 0.198. The number of thiophene rings is 1. The van der Waals surface area contributed by atoms with Crippen LogP contribution in [0, 0.1) is 0 Å². The average molecular weight is 232 g/mol. The Morgan fingerprint density at radius 3 is 2.75 bits per heavy atom. The van der Waals surface area contributed by atoms with Gasteiger partial charge in [-0.2, -0.15) is 0 Å². The smallest absolute Gasteiger partial charge is 0.161 e. The van der Waals surface area contributed by atoms with Gasteiger partial charge in [-0.15, -0.1) is 11.3 Å². The SMILES string of the molecule is CCCCc1sc2ccccc2c1C(C)=O. The van der Waals surface area contributed by atoms with Gasteiger partial charge in [0.25, 0.3) is 0 Å². The van der Waals surface area contributed by atoms with E-state index in [1.54, 1.807) is 18.3 Å². The zero-order chi connectivity index (χ0) is 11.5. The molecule has 1 heterocycles. The lowest BCUT2D eigenvalue weighted by Crippen LogP contribution is -1.95. The molecule has 84 valence electrons. The monoisotopic (exact) mass is 232 g/mol. The van der Waals surface area contributed by atoms with E-state index in [1.165, 1.54) is 16.0 Å². The van der Waals surface area contributed by atoms with Crippen LogP contribution in [-0.4, -0.2) is 5.78 Å². The number of aryl methyl sites for hydroxylation is 1. The van der Waals surface area contributed by atoms with Gasteiger partial charge in [-0.1, -0.05) is 31.5 Å². The maximum absolute atomic E-state index is 11.7. The van der Waals surface area contributed by atoms with E-state index in [1.807, 2.05) is 12.1 Å². The summed E-state index contributed by atoms with van der Waals surface area (Å²) in [7, 11) is 0. The molecule has 1 aromatic heterocycles. The van der Waals surface area contributed by atoms with E-state index in [2.05, 4.69) is 19.1 Å². The molecule has 0 amide bonds. The molecule has 0 atom stereocenters. The minimum absolute atomic E-state index is 0.198. The molecule has 0 saturated carbocycles. The first kappa shape index (κ1) is 11.3. The van der Waals surface area contributed by atoms with Crippen LogP contribution in [-0.2, 0) is 6.42 Å². The average Bonchev–Trinajstić information content (AvgIpc) is 2.64. The maximum atomic E-state index is 11.7. The molecule has 0 aliphatic rings. The van der Waals surface area contributed by atoms with Crippen molar-refractivity contribution in [3.8, 4) is 0 Å². The van der Waals surface area contributed by atoms with Crippen molar-refractivity contribution in [1.82, 2.24) is 0 Å². The lowest BCUT2D eigenvalue weighted by atomic mass is 10.0. The van der Waals surface area contributed by atoms with Crippen LogP contribution in [0.1, 0.15) is 41.9 Å². The fraction of sp³-hybridized carbons (Fsp3) is 0.357. The first-order valence-electron chi connectivity index (χ1n) is 5.75. The Hall–Kier alpha value is -1.15. The Kier molecular flexibility index (Phi) is 3.39. The van der Waals surface area contributed by atoms with Crippen LogP contribution in [0.3, 0.4) is 0 Å². The number of hydrogen-bond acceptors (Lipinski definition) is 2. The molecule has 0 N–H and O–H groups in total. The van der Waals surface area contributed by atoms with Crippen LogP contribution >= 0.6 is 11.3 Å². The number of unbranched alkanes of at least 4 members (excludes halogenated alkanes) is 1. The number of ketones is 1. The van der Waals surface area contributed by atoms with Crippen molar-refractivity contribution in [1.29, 1.82) is 0 Å². The third-order valence-electron chi connectivity index (χ3n) is 2.78. The Balaban J connectivity index is 2.54. The number of hydrogen-bond donors (Lipinski definition) is 0. The van der Waals surface area contributed by atoms with Gasteiger partial charge in [0.1, 0.15) is 0 Å². The maximum Gasteiger partial charge on any atom is 0.161 e. The molecule has 0 unspecified atom stereocenters. The third-order valence-corrected chi connectivity index (χ3v) is 4.01. The molecular formula is C14H16OS. The van der Waals surface area contributed by atoms with Gasteiger partial charge < -0.3 is 0 Å². The Labute approximate surface area is 100 Å². The third kappa shape index (κ3) is 2.03. The van der Waals surface area contributed by atoms with Gasteiger partial charge in [0, 0.05) is 20.5 Å². The number of carbonyl (C=O) groups is 1. The number of benzene rings is 1. The van der Waals surface area contributed by atoms with Crippen molar-refractivity contribution in [2.24, 2.45) is 0 Å². The second kappa shape index (κ2) is 4.79. The normalized spacial score (nSPS) is 10.9. The van der Waals surface area contributed by atoms with E-state index in [9.17, 15) is 4.79 Å². The molecule has 0 aliphatic heterocycles. The van der Waals surface area contributed by atoms with Crippen LogP contribution in [0.4, 0.5) is 0 Å². The fourth-order valence-electron chi connectivity index (χ4n) is 2.00. The standard InChI is InChI=1S/C14H16OS/c1-3-4-8-13-14(10(2)15)11-7-5-6-9-12(11)16-13/h5-7,9H,3-4,8H2,1-2H3. The molecule has 16 heavy (non-hydrogen) atoms. The van der Waals surface area contributed by atoms with Gasteiger partial charge in [0.05, 0.1) is 0 Å². The number of carbonyl (C=O) groups excluding carboxylic acids is 1. The summed E-state index contributed by atoms with van der Waals surface area (Å²) >= 11 is 1.77. The highest BCUT2D eigenvalue weighted by Gasteiger charge is 2.14. The second-order valence-electron chi connectivity index (χ2n) is 4.06. The van der Waals surface area contributed by atoms with Crippen molar-refractivity contribution in [3.05, 3.63) is 34.7 Å². The Morgan fingerprint density at radius 1 is 1.31 bits per heavy atom. The lowest BCUT2D eigenvalue weighted by molar-refractivity contribution is 0.101. The first-order chi connectivity index (χ1) is 7.74. The van der Waals surface area contributed by atoms with Gasteiger partial charge in [-0.3, -0.25) is 4.79 Å². The van der Waals surface area contributed by atoms with Gasteiger partial charge in [-0.25, -0.2) is 0 Å². The van der Waals surface area contributed by atoms with Gasteiger partial charge >= 0.3 is 0 Å². The summed E-state index contributed by atoms with van der Waals surface area (Å²) < 4.78 is 1.24. The lowest BCUT2D eigenvalue weighted by Gasteiger charge is -1.99. The number of Topliss-reactive ketones (excluding diaryl/α,β-unsaturated/α-hetero) is 1. The van der Waals surface area contributed by atoms with Gasteiger partial charge in [0.2, 0.25) is 0 Å². The Morgan fingerprint density at radius 2 is 2.06 bits per heavy atom. The largest absolute Gasteiger partial charge is 0.294 e. The molecule has 0 saturated heterocycles. The molecule has 1 aromatic carbocycles. The summed E-state index contributed by atoms with van der Waals surface area (Å²) in [5.74, 6) is 0.198. The summed E-state index contributed by atoms with van der Waals surface area (Å²) in [6.07, 6.45) is 3.36. The van der Waals surface area contributed by atoms with Crippen LogP contribution < -0.4 is 0 Å². The summed E-state index contributed by atoms with van der Waals surface area (Å²) in [5.41, 5.74) is 0.953. The van der Waals surface area contributed by atoms with Gasteiger partial charge in [0.15, 0.2) is 5.78 Å². The molecule has 0 radical (unpaired) electrons. The Bertz CT molecular complexity index is 510. The van der Waals surface area contributed by atoms with Crippen molar-refractivity contribution >= 4 is 27.2 Å². The van der Waals surface area contributed by atoms with Crippen LogP contribution in [0.25, 0.3) is 10.1 Å². The highest BCUT2D eigenvalue weighted by molar-refractivity contribution is 7.19. The molecule has 2 aromatic rings. The molecule has 0 fully saturated rings. The fourth-order valence-corrected chi connectivity index (χ4v) is 3.29. The predicted octanol–water partition coefficient (Wildman–Crippen LogP) is 4.45. The summed E-state index contributed by atoms with van der Waals surface area (Å²) in [4.78, 5) is 13.0. The van der Waals surface area contributed by atoms with Crippen molar-refractivity contribution < 1.29 is 4.79 Å². The molecule has 0 bridgehead atoms. The first-order valence-corrected chi connectivity index (χ1v) is 6.57. The minimum Gasteiger partial charge on any atom is -0.294 e. The topological polar surface area (TPSA) is 17.1 Å². The molecular weight excluding hydrogens is 216 g/mol. The molecule has 2 rings (SSSR count). The molecule has 0 aliphatic carbocycles. The van der Waals surface area contributed by atoms with E-state index in [0.717, 1.165) is 23.8 Å². The van der Waals surface area contributed by atoms with Crippen molar-refractivity contribution in [2.75, 3.05) is 0 Å². The second-order valence-corrected chi connectivity index (χ2v) is 5.19. The zero-order valence-electron chi connectivity index (χ0n) is 9.75. The summed E-state index contributed by atoms with van der Waals surface area (Å²) in [6, 6.07) is 8.19. The van der Waals surface area contributed by atoms with E-state index >= 15 is 0 Å².